The molecular formula is C26H27NO4. The average molecular weight is 418 g/mol. The fourth-order valence-electron chi connectivity index (χ4n) is 3.92. The Bertz CT molecular complexity index is 1080. The number of fused-ring (bicyclic) bond motifs is 1. The zero-order valence-electron chi connectivity index (χ0n) is 18.0. The number of aryl methyl sites for hydroxylation is 1. The Hall–Kier alpha value is -3.34. The summed E-state index contributed by atoms with van der Waals surface area (Å²) in [5, 5.41) is 0. The zero-order chi connectivity index (χ0) is 21.6. The van der Waals surface area contributed by atoms with E-state index in [1.54, 1.807) is 0 Å². The highest BCUT2D eigenvalue weighted by Crippen LogP contribution is 2.35. The average Bonchev–Trinajstić information content (AvgIpc) is 3.15. The van der Waals surface area contributed by atoms with E-state index in [-0.39, 0.29) is 5.97 Å². The third-order valence-corrected chi connectivity index (χ3v) is 5.41. The van der Waals surface area contributed by atoms with Crippen LogP contribution in [-0.4, -0.2) is 24.2 Å². The summed E-state index contributed by atoms with van der Waals surface area (Å²) >= 11 is 0. The van der Waals surface area contributed by atoms with Crippen LogP contribution in [0.25, 0.3) is 17.0 Å². The number of carbonyl (C=O) groups is 1. The highest BCUT2D eigenvalue weighted by atomic mass is 16.5. The molecule has 0 saturated carbocycles. The second-order valence-electron chi connectivity index (χ2n) is 7.52. The molecule has 3 aromatic rings. The van der Waals surface area contributed by atoms with Crippen molar-refractivity contribution in [2.45, 2.75) is 39.5 Å². The lowest BCUT2D eigenvalue weighted by molar-refractivity contribution is -0.141. The van der Waals surface area contributed by atoms with Crippen molar-refractivity contribution >= 4 is 11.5 Å². The van der Waals surface area contributed by atoms with Gasteiger partial charge in [0.1, 0.15) is 11.5 Å². The van der Waals surface area contributed by atoms with Gasteiger partial charge in [0.25, 0.3) is 0 Å². The number of hydrogen-bond acceptors (Lipinski definition) is 5. The summed E-state index contributed by atoms with van der Waals surface area (Å²) < 4.78 is 17.1. The standard InChI is InChI=1S/C26H27NO4/c1-3-29-25(28)17-20-11-7-13-22-21(20)12-8-14-24(22)30-16-15-23-18(2)31-26(27-23)19-9-5-4-6-10-19/h4-6,8-12,14H,3,7,13,15-17H2,1-2H3. The number of ether oxygens (including phenoxy) is 2. The normalized spacial score (nSPS) is 12.8. The summed E-state index contributed by atoms with van der Waals surface area (Å²) in [5.74, 6) is 2.14. The molecule has 4 rings (SSSR count). The maximum absolute atomic E-state index is 12.0. The van der Waals surface area contributed by atoms with Crippen LogP contribution in [0.4, 0.5) is 0 Å². The van der Waals surface area contributed by atoms with Crippen molar-refractivity contribution in [1.82, 2.24) is 4.98 Å². The Morgan fingerprint density at radius 3 is 2.77 bits per heavy atom. The highest BCUT2D eigenvalue weighted by Gasteiger charge is 2.19. The predicted octanol–water partition coefficient (Wildman–Crippen LogP) is 5.55. The summed E-state index contributed by atoms with van der Waals surface area (Å²) in [6.07, 6.45) is 4.89. The van der Waals surface area contributed by atoms with Gasteiger partial charge in [-0.25, -0.2) is 4.98 Å². The molecule has 5 heteroatoms. The summed E-state index contributed by atoms with van der Waals surface area (Å²) in [7, 11) is 0. The number of allylic oxidation sites excluding steroid dienone is 1. The second-order valence-corrected chi connectivity index (χ2v) is 7.52. The van der Waals surface area contributed by atoms with E-state index in [2.05, 4.69) is 17.1 Å². The molecular weight excluding hydrogens is 390 g/mol. The molecule has 1 aromatic heterocycles. The van der Waals surface area contributed by atoms with Crippen molar-refractivity contribution in [2.75, 3.05) is 13.2 Å². The van der Waals surface area contributed by atoms with Gasteiger partial charge in [0, 0.05) is 17.5 Å². The maximum Gasteiger partial charge on any atom is 0.310 e. The van der Waals surface area contributed by atoms with Crippen molar-refractivity contribution in [2.24, 2.45) is 0 Å². The molecule has 2 aromatic carbocycles. The van der Waals surface area contributed by atoms with Crippen LogP contribution in [0, 0.1) is 6.92 Å². The first-order valence-corrected chi connectivity index (χ1v) is 10.8. The van der Waals surface area contributed by atoms with E-state index in [0.717, 1.165) is 52.3 Å². The number of esters is 1. The molecule has 0 atom stereocenters. The molecule has 0 bridgehead atoms. The summed E-state index contributed by atoms with van der Waals surface area (Å²) in [6, 6.07) is 15.9. The van der Waals surface area contributed by atoms with Crippen molar-refractivity contribution in [3.63, 3.8) is 0 Å². The molecule has 0 fully saturated rings. The first-order chi connectivity index (χ1) is 15.2. The summed E-state index contributed by atoms with van der Waals surface area (Å²) in [5.41, 5.74) is 5.14. The number of benzene rings is 2. The molecule has 0 radical (unpaired) electrons. The Labute approximate surface area is 182 Å². The van der Waals surface area contributed by atoms with Gasteiger partial charge >= 0.3 is 5.97 Å². The van der Waals surface area contributed by atoms with Crippen molar-refractivity contribution < 1.29 is 18.7 Å². The minimum absolute atomic E-state index is 0.191. The lowest BCUT2D eigenvalue weighted by Gasteiger charge is -2.20. The predicted molar refractivity (Wildman–Crippen MR) is 120 cm³/mol. The van der Waals surface area contributed by atoms with E-state index in [4.69, 9.17) is 13.9 Å². The molecule has 0 amide bonds. The van der Waals surface area contributed by atoms with E-state index in [1.165, 1.54) is 0 Å². The molecule has 0 saturated heterocycles. The van der Waals surface area contributed by atoms with E-state index < -0.39 is 0 Å². The monoisotopic (exact) mass is 417 g/mol. The number of hydrogen-bond donors (Lipinski definition) is 0. The number of carbonyl (C=O) groups excluding carboxylic acids is 1. The minimum atomic E-state index is -0.191. The number of aromatic nitrogens is 1. The van der Waals surface area contributed by atoms with E-state index in [9.17, 15) is 4.79 Å². The van der Waals surface area contributed by atoms with E-state index in [1.807, 2.05) is 56.3 Å². The number of oxazole rings is 1. The van der Waals surface area contributed by atoms with Gasteiger partial charge in [0.2, 0.25) is 5.89 Å². The molecule has 31 heavy (non-hydrogen) atoms. The Morgan fingerprint density at radius 1 is 1.13 bits per heavy atom. The fraction of sp³-hybridized carbons (Fsp3) is 0.308. The topological polar surface area (TPSA) is 61.6 Å². The maximum atomic E-state index is 12.0. The fourth-order valence-corrected chi connectivity index (χ4v) is 3.92. The van der Waals surface area contributed by atoms with Gasteiger partial charge < -0.3 is 13.9 Å². The van der Waals surface area contributed by atoms with Crippen LogP contribution in [0.5, 0.6) is 5.75 Å². The summed E-state index contributed by atoms with van der Waals surface area (Å²) in [4.78, 5) is 16.6. The molecule has 1 aliphatic carbocycles. The molecule has 1 aliphatic rings. The van der Waals surface area contributed by atoms with Gasteiger partial charge in [-0.15, -0.1) is 0 Å². The Kier molecular flexibility index (Phi) is 6.51. The van der Waals surface area contributed by atoms with E-state index in [0.29, 0.717) is 31.9 Å². The smallest absolute Gasteiger partial charge is 0.310 e. The molecule has 5 nitrogen and oxygen atoms in total. The molecule has 0 aliphatic heterocycles. The zero-order valence-corrected chi connectivity index (χ0v) is 18.0. The first kappa shape index (κ1) is 20.9. The molecule has 0 N–H and O–H groups in total. The second kappa shape index (κ2) is 9.65. The van der Waals surface area contributed by atoms with Gasteiger partial charge in [-0.3, -0.25) is 4.79 Å². The number of rotatable bonds is 8. The van der Waals surface area contributed by atoms with Gasteiger partial charge in [0.15, 0.2) is 0 Å². The Balaban J connectivity index is 1.43. The quantitative estimate of drug-likeness (QED) is 0.450. The SMILES string of the molecule is CCOC(=O)CC1=CCCc2c(OCCc3nc(-c4ccccc4)oc3C)cccc21. The van der Waals surface area contributed by atoms with Crippen LogP contribution in [0.2, 0.25) is 0 Å². The van der Waals surface area contributed by atoms with Crippen LogP contribution >= 0.6 is 0 Å². The molecule has 0 unspecified atom stereocenters. The van der Waals surface area contributed by atoms with Gasteiger partial charge in [0.05, 0.1) is 25.3 Å². The largest absolute Gasteiger partial charge is 0.493 e. The third-order valence-electron chi connectivity index (χ3n) is 5.41. The summed E-state index contributed by atoms with van der Waals surface area (Å²) in [6.45, 7) is 4.67. The van der Waals surface area contributed by atoms with Crippen LogP contribution in [0.1, 0.15) is 42.3 Å². The first-order valence-electron chi connectivity index (χ1n) is 10.8. The lowest BCUT2D eigenvalue weighted by Crippen LogP contribution is -2.10. The molecule has 160 valence electrons. The molecule has 0 spiro atoms. The van der Waals surface area contributed by atoms with Crippen LogP contribution < -0.4 is 4.74 Å². The van der Waals surface area contributed by atoms with Crippen LogP contribution in [0.15, 0.2) is 59.0 Å². The lowest BCUT2D eigenvalue weighted by atomic mass is 9.88. The van der Waals surface area contributed by atoms with E-state index >= 15 is 0 Å². The van der Waals surface area contributed by atoms with Gasteiger partial charge in [-0.05, 0) is 56.0 Å². The number of nitrogens with zero attached hydrogens (tertiary/aromatic N) is 1. The highest BCUT2D eigenvalue weighted by molar-refractivity contribution is 5.87. The minimum Gasteiger partial charge on any atom is -0.493 e. The van der Waals surface area contributed by atoms with Crippen LogP contribution in [0.3, 0.4) is 0 Å². The van der Waals surface area contributed by atoms with Gasteiger partial charge in [-0.1, -0.05) is 36.4 Å². The third kappa shape index (κ3) is 4.88. The van der Waals surface area contributed by atoms with Gasteiger partial charge in [-0.2, -0.15) is 0 Å². The molecule has 1 heterocycles. The van der Waals surface area contributed by atoms with Crippen molar-refractivity contribution in [3.8, 4) is 17.2 Å². The van der Waals surface area contributed by atoms with Crippen LogP contribution in [-0.2, 0) is 22.4 Å². The Morgan fingerprint density at radius 2 is 1.97 bits per heavy atom. The van der Waals surface area contributed by atoms with Crippen molar-refractivity contribution in [3.05, 3.63) is 77.2 Å². The van der Waals surface area contributed by atoms with Crippen molar-refractivity contribution in [1.29, 1.82) is 0 Å².